The van der Waals surface area contributed by atoms with E-state index in [0.717, 1.165) is 24.8 Å². The molecule has 86 valence electrons. The molecule has 0 bridgehead atoms. The largest absolute Gasteiger partial charge is 0.347 e. The molecule has 1 amide bonds. The van der Waals surface area contributed by atoms with E-state index in [2.05, 4.69) is 12.2 Å². The number of carbonyl (C=O) groups excluding carboxylic acids is 1. The summed E-state index contributed by atoms with van der Waals surface area (Å²) in [5, 5.41) is 3.20. The van der Waals surface area contributed by atoms with Crippen molar-refractivity contribution < 1.29 is 4.79 Å². The van der Waals surface area contributed by atoms with Gasteiger partial charge in [-0.1, -0.05) is 31.8 Å². The van der Waals surface area contributed by atoms with Crippen LogP contribution in [0.3, 0.4) is 0 Å². The highest BCUT2D eigenvalue weighted by atomic mass is 16.1. The minimum atomic E-state index is 0.0822. The van der Waals surface area contributed by atoms with E-state index < -0.39 is 0 Å². The Morgan fingerprint density at radius 2 is 1.87 bits per heavy atom. The SMILES string of the molecule is CCC1(NC(=O)C=C(C)C)CCCCC1. The molecule has 1 aliphatic rings. The number of hydrogen-bond acceptors (Lipinski definition) is 1. The van der Waals surface area contributed by atoms with E-state index in [1.165, 1.54) is 19.3 Å². The molecule has 0 radical (unpaired) electrons. The molecule has 15 heavy (non-hydrogen) atoms. The van der Waals surface area contributed by atoms with Crippen LogP contribution >= 0.6 is 0 Å². The number of amides is 1. The van der Waals surface area contributed by atoms with E-state index in [1.807, 2.05) is 13.8 Å². The summed E-state index contributed by atoms with van der Waals surface area (Å²) in [6, 6.07) is 0. The number of carbonyl (C=O) groups is 1. The Morgan fingerprint density at radius 1 is 1.27 bits per heavy atom. The average molecular weight is 209 g/mol. The Bertz CT molecular complexity index is 245. The molecule has 0 atom stereocenters. The molecule has 0 aliphatic heterocycles. The molecule has 1 fully saturated rings. The maximum Gasteiger partial charge on any atom is 0.244 e. The van der Waals surface area contributed by atoms with Crippen LogP contribution in [0, 0.1) is 0 Å². The van der Waals surface area contributed by atoms with Crippen molar-refractivity contribution >= 4 is 5.91 Å². The van der Waals surface area contributed by atoms with Crippen molar-refractivity contribution in [3.8, 4) is 0 Å². The van der Waals surface area contributed by atoms with Crippen molar-refractivity contribution in [3.63, 3.8) is 0 Å². The van der Waals surface area contributed by atoms with E-state index in [1.54, 1.807) is 6.08 Å². The van der Waals surface area contributed by atoms with Gasteiger partial charge in [0.05, 0.1) is 0 Å². The van der Waals surface area contributed by atoms with Crippen LogP contribution in [0.25, 0.3) is 0 Å². The summed E-state index contributed by atoms with van der Waals surface area (Å²) in [5.41, 5.74) is 1.15. The summed E-state index contributed by atoms with van der Waals surface area (Å²) in [5.74, 6) is 0.0822. The zero-order chi connectivity index (χ0) is 11.3. The number of nitrogens with one attached hydrogen (secondary N) is 1. The first-order valence-corrected chi connectivity index (χ1v) is 6.05. The summed E-state index contributed by atoms with van der Waals surface area (Å²) in [4.78, 5) is 11.7. The smallest absolute Gasteiger partial charge is 0.244 e. The van der Waals surface area contributed by atoms with Gasteiger partial charge in [0.1, 0.15) is 0 Å². The molecule has 0 aromatic heterocycles. The summed E-state index contributed by atoms with van der Waals surface area (Å²) < 4.78 is 0. The summed E-state index contributed by atoms with van der Waals surface area (Å²) in [6.45, 7) is 6.09. The summed E-state index contributed by atoms with van der Waals surface area (Å²) in [6.07, 6.45) is 8.87. The third-order valence-electron chi connectivity index (χ3n) is 3.30. The average Bonchev–Trinajstić information content (AvgIpc) is 2.17. The lowest BCUT2D eigenvalue weighted by molar-refractivity contribution is -0.118. The van der Waals surface area contributed by atoms with Gasteiger partial charge in [0.25, 0.3) is 0 Å². The molecule has 2 nitrogen and oxygen atoms in total. The van der Waals surface area contributed by atoms with Gasteiger partial charge in [-0.05, 0) is 33.1 Å². The van der Waals surface area contributed by atoms with E-state index in [0.29, 0.717) is 0 Å². The minimum absolute atomic E-state index is 0.0822. The van der Waals surface area contributed by atoms with Crippen molar-refractivity contribution in [3.05, 3.63) is 11.6 Å². The Morgan fingerprint density at radius 3 is 2.33 bits per heavy atom. The van der Waals surface area contributed by atoms with E-state index in [4.69, 9.17) is 0 Å². The fourth-order valence-corrected chi connectivity index (χ4v) is 2.36. The first-order chi connectivity index (χ1) is 7.08. The Hall–Kier alpha value is -0.790. The molecule has 0 spiro atoms. The molecule has 0 heterocycles. The molecule has 0 saturated heterocycles. The van der Waals surface area contributed by atoms with Crippen LogP contribution < -0.4 is 5.32 Å². The standard InChI is InChI=1S/C13H23NO/c1-4-13(8-6-5-7-9-13)14-12(15)10-11(2)3/h10H,4-9H2,1-3H3,(H,14,15). The van der Waals surface area contributed by atoms with Crippen molar-refractivity contribution in [2.75, 3.05) is 0 Å². The Kier molecular flexibility index (Phi) is 4.37. The van der Waals surface area contributed by atoms with Crippen LogP contribution in [0.15, 0.2) is 11.6 Å². The third-order valence-corrected chi connectivity index (χ3v) is 3.30. The van der Waals surface area contributed by atoms with Crippen LogP contribution in [-0.2, 0) is 4.79 Å². The molecule has 1 N–H and O–H groups in total. The summed E-state index contributed by atoms with van der Waals surface area (Å²) >= 11 is 0. The second kappa shape index (κ2) is 5.34. The highest BCUT2D eigenvalue weighted by molar-refractivity contribution is 5.88. The van der Waals surface area contributed by atoms with Gasteiger partial charge in [-0.15, -0.1) is 0 Å². The molecule has 1 saturated carbocycles. The molecule has 1 rings (SSSR count). The van der Waals surface area contributed by atoms with E-state index >= 15 is 0 Å². The number of hydrogen-bond donors (Lipinski definition) is 1. The summed E-state index contributed by atoms with van der Waals surface area (Å²) in [7, 11) is 0. The molecular formula is C13H23NO. The zero-order valence-corrected chi connectivity index (χ0v) is 10.2. The second-order valence-corrected chi connectivity index (χ2v) is 4.91. The molecule has 0 unspecified atom stereocenters. The Labute approximate surface area is 93.1 Å². The fourth-order valence-electron chi connectivity index (χ4n) is 2.36. The fraction of sp³-hybridized carbons (Fsp3) is 0.769. The minimum Gasteiger partial charge on any atom is -0.347 e. The topological polar surface area (TPSA) is 29.1 Å². The molecule has 0 aromatic rings. The first kappa shape index (κ1) is 12.3. The maximum absolute atomic E-state index is 11.7. The lowest BCUT2D eigenvalue weighted by Crippen LogP contribution is -2.48. The molecule has 2 heteroatoms. The van der Waals surface area contributed by atoms with Crippen molar-refractivity contribution in [2.24, 2.45) is 0 Å². The van der Waals surface area contributed by atoms with Crippen molar-refractivity contribution in [1.82, 2.24) is 5.32 Å². The van der Waals surface area contributed by atoms with Crippen LogP contribution in [0.5, 0.6) is 0 Å². The molecule has 1 aliphatic carbocycles. The highest BCUT2D eigenvalue weighted by Gasteiger charge is 2.30. The van der Waals surface area contributed by atoms with Gasteiger partial charge < -0.3 is 5.32 Å². The van der Waals surface area contributed by atoms with Gasteiger partial charge >= 0.3 is 0 Å². The highest BCUT2D eigenvalue weighted by Crippen LogP contribution is 2.30. The van der Waals surface area contributed by atoms with Gasteiger partial charge in [-0.25, -0.2) is 0 Å². The predicted octanol–water partition coefficient (Wildman–Crippen LogP) is 3.18. The quantitative estimate of drug-likeness (QED) is 0.711. The molecule has 0 aromatic carbocycles. The normalized spacial score (nSPS) is 19.4. The van der Waals surface area contributed by atoms with Crippen molar-refractivity contribution in [1.29, 1.82) is 0 Å². The van der Waals surface area contributed by atoms with Gasteiger partial charge in [-0.3, -0.25) is 4.79 Å². The van der Waals surface area contributed by atoms with Crippen LogP contribution in [-0.4, -0.2) is 11.4 Å². The first-order valence-electron chi connectivity index (χ1n) is 6.05. The Balaban J connectivity index is 2.59. The van der Waals surface area contributed by atoms with Crippen LogP contribution in [0.2, 0.25) is 0 Å². The van der Waals surface area contributed by atoms with Gasteiger partial charge in [0.15, 0.2) is 0 Å². The maximum atomic E-state index is 11.7. The number of rotatable bonds is 3. The van der Waals surface area contributed by atoms with Gasteiger partial charge in [0, 0.05) is 11.6 Å². The second-order valence-electron chi connectivity index (χ2n) is 4.91. The van der Waals surface area contributed by atoms with Crippen LogP contribution in [0.1, 0.15) is 59.3 Å². The predicted molar refractivity (Wildman–Crippen MR) is 63.7 cm³/mol. The monoisotopic (exact) mass is 209 g/mol. The van der Waals surface area contributed by atoms with Gasteiger partial charge in [-0.2, -0.15) is 0 Å². The van der Waals surface area contributed by atoms with Crippen molar-refractivity contribution in [2.45, 2.75) is 64.8 Å². The third kappa shape index (κ3) is 3.69. The van der Waals surface area contributed by atoms with Crippen LogP contribution in [0.4, 0.5) is 0 Å². The zero-order valence-electron chi connectivity index (χ0n) is 10.2. The lowest BCUT2D eigenvalue weighted by atomic mass is 9.79. The number of allylic oxidation sites excluding steroid dienone is 1. The lowest BCUT2D eigenvalue weighted by Gasteiger charge is -2.37. The van der Waals surface area contributed by atoms with E-state index in [9.17, 15) is 4.79 Å². The van der Waals surface area contributed by atoms with E-state index in [-0.39, 0.29) is 11.4 Å². The van der Waals surface area contributed by atoms with Gasteiger partial charge in [0.2, 0.25) is 5.91 Å². The molecular weight excluding hydrogens is 186 g/mol.